The third-order valence-electron chi connectivity index (χ3n) is 1.78. The summed E-state index contributed by atoms with van der Waals surface area (Å²) < 4.78 is 21.9. The van der Waals surface area contributed by atoms with Crippen molar-refractivity contribution in [1.29, 1.82) is 0 Å². The number of benzene rings is 1. The van der Waals surface area contributed by atoms with Gasteiger partial charge in [-0.15, -0.1) is 0 Å². The summed E-state index contributed by atoms with van der Waals surface area (Å²) in [6, 6.07) is 4.96. The van der Waals surface area contributed by atoms with Crippen molar-refractivity contribution in [2.75, 3.05) is 0 Å². The van der Waals surface area contributed by atoms with Crippen molar-refractivity contribution >= 4 is 50.1 Å². The van der Waals surface area contributed by atoms with Crippen LogP contribution in [0.3, 0.4) is 0 Å². The number of hydrogen-bond acceptors (Lipinski definition) is 2. The second-order valence-corrected chi connectivity index (χ2v) is 5.58. The molecule has 0 aliphatic carbocycles. The molecule has 5 heteroatoms. The van der Waals surface area contributed by atoms with Crippen LogP contribution in [0.15, 0.2) is 23.1 Å². The van der Waals surface area contributed by atoms with E-state index in [1.54, 1.807) is 18.2 Å². The Kier molecular flexibility index (Phi) is 5.04. The summed E-state index contributed by atoms with van der Waals surface area (Å²) in [6.07, 6.45) is 0. The van der Waals surface area contributed by atoms with Crippen LogP contribution in [0.5, 0.6) is 0 Å². The van der Waals surface area contributed by atoms with E-state index in [0.717, 1.165) is 11.1 Å². The molecule has 0 fully saturated rings. The SMILES string of the molecule is Cc1ccc(S(=O)(=O)S)cc1C.[NaH]. The topological polar surface area (TPSA) is 34.1 Å². The Hall–Kier alpha value is 0.520. The van der Waals surface area contributed by atoms with Crippen molar-refractivity contribution in [3.63, 3.8) is 0 Å². The molecule has 0 spiro atoms. The Morgan fingerprint density at radius 3 is 2.08 bits per heavy atom. The molecule has 1 aromatic carbocycles. The van der Waals surface area contributed by atoms with Crippen LogP contribution in [-0.4, -0.2) is 38.0 Å². The van der Waals surface area contributed by atoms with Gasteiger partial charge in [-0.05, 0) is 48.8 Å². The van der Waals surface area contributed by atoms with Crippen molar-refractivity contribution < 1.29 is 8.42 Å². The standard InChI is InChI=1S/C8H10O2S2.Na.H/c1-6-3-4-8(5-7(6)2)12(9,10)11;;/h3-5H,1-2H3,(H,9,10,11);;. The first-order chi connectivity index (χ1) is 5.41. The summed E-state index contributed by atoms with van der Waals surface area (Å²) >= 11 is 3.50. The minimum atomic E-state index is -3.35. The van der Waals surface area contributed by atoms with Crippen LogP contribution in [0.25, 0.3) is 0 Å². The van der Waals surface area contributed by atoms with Gasteiger partial charge >= 0.3 is 29.6 Å². The van der Waals surface area contributed by atoms with E-state index in [9.17, 15) is 8.42 Å². The van der Waals surface area contributed by atoms with E-state index < -0.39 is 8.87 Å². The molecular formula is C8H11NaO2S2. The predicted molar refractivity (Wildman–Crippen MR) is 59.2 cm³/mol. The quantitative estimate of drug-likeness (QED) is 0.444. The maximum absolute atomic E-state index is 11.0. The summed E-state index contributed by atoms with van der Waals surface area (Å²) in [5.74, 6) is 0. The molecule has 0 aromatic heterocycles. The summed E-state index contributed by atoms with van der Waals surface area (Å²) in [5.41, 5.74) is 2.04. The van der Waals surface area contributed by atoms with Crippen LogP contribution in [0.2, 0.25) is 0 Å². The molecule has 2 nitrogen and oxygen atoms in total. The fraction of sp³-hybridized carbons (Fsp3) is 0.250. The van der Waals surface area contributed by atoms with Crippen molar-refractivity contribution in [2.24, 2.45) is 0 Å². The fourth-order valence-electron chi connectivity index (χ4n) is 0.874. The van der Waals surface area contributed by atoms with E-state index in [2.05, 4.69) is 11.7 Å². The number of rotatable bonds is 1. The molecule has 68 valence electrons. The molecule has 0 bridgehead atoms. The molecule has 0 amide bonds. The van der Waals surface area contributed by atoms with Crippen molar-refractivity contribution in [3.8, 4) is 0 Å². The molecule has 0 aliphatic heterocycles. The molecule has 1 aromatic rings. The molecule has 0 atom stereocenters. The molecule has 0 unspecified atom stereocenters. The zero-order chi connectivity index (χ0) is 9.35. The first-order valence-corrected chi connectivity index (χ1v) is 5.99. The van der Waals surface area contributed by atoms with E-state index >= 15 is 0 Å². The third kappa shape index (κ3) is 3.64. The number of thiol groups is 1. The molecule has 0 heterocycles. The predicted octanol–water partition coefficient (Wildman–Crippen LogP) is 1.27. The van der Waals surface area contributed by atoms with Crippen molar-refractivity contribution in [1.82, 2.24) is 0 Å². The molecular weight excluding hydrogens is 215 g/mol. The first-order valence-electron chi connectivity index (χ1n) is 3.46. The van der Waals surface area contributed by atoms with E-state index in [1.165, 1.54) is 0 Å². The molecule has 0 N–H and O–H groups in total. The van der Waals surface area contributed by atoms with Gasteiger partial charge in [-0.3, -0.25) is 0 Å². The van der Waals surface area contributed by atoms with E-state index in [0.29, 0.717) is 0 Å². The Bertz CT molecular complexity index is 399. The molecule has 0 aliphatic rings. The average Bonchev–Trinajstić information content (AvgIpc) is 1.92. The summed E-state index contributed by atoms with van der Waals surface area (Å²) in [4.78, 5) is 0.258. The number of hydrogen-bond donors (Lipinski definition) is 1. The molecule has 13 heavy (non-hydrogen) atoms. The van der Waals surface area contributed by atoms with Crippen LogP contribution in [0.4, 0.5) is 0 Å². The molecule has 1 rings (SSSR count). The van der Waals surface area contributed by atoms with E-state index in [1.807, 2.05) is 13.8 Å². The van der Waals surface area contributed by atoms with Crippen molar-refractivity contribution in [2.45, 2.75) is 18.7 Å². The zero-order valence-electron chi connectivity index (χ0n) is 6.90. The zero-order valence-corrected chi connectivity index (χ0v) is 8.61. The van der Waals surface area contributed by atoms with Gasteiger partial charge in [-0.1, -0.05) is 6.07 Å². The summed E-state index contributed by atoms with van der Waals surface area (Å²) in [5, 5.41) is 0. The second kappa shape index (κ2) is 4.84. The Morgan fingerprint density at radius 2 is 1.69 bits per heavy atom. The molecule has 0 saturated heterocycles. The van der Waals surface area contributed by atoms with Gasteiger partial charge in [0.1, 0.15) is 0 Å². The van der Waals surface area contributed by atoms with Crippen LogP contribution in [0.1, 0.15) is 11.1 Å². The van der Waals surface area contributed by atoms with Gasteiger partial charge in [0.15, 0.2) is 0 Å². The van der Waals surface area contributed by atoms with Gasteiger partial charge in [0, 0.05) is 0 Å². The summed E-state index contributed by atoms with van der Waals surface area (Å²) in [7, 11) is -3.35. The van der Waals surface area contributed by atoms with Crippen molar-refractivity contribution in [3.05, 3.63) is 29.3 Å². The summed E-state index contributed by atoms with van der Waals surface area (Å²) in [6.45, 7) is 3.81. The first kappa shape index (κ1) is 13.5. The average molecular weight is 226 g/mol. The normalized spacial score (nSPS) is 10.7. The van der Waals surface area contributed by atoms with Crippen LogP contribution in [0, 0.1) is 13.8 Å². The molecule has 0 radical (unpaired) electrons. The van der Waals surface area contributed by atoms with Gasteiger partial charge in [0.25, 0.3) is 0 Å². The minimum absolute atomic E-state index is 0. The molecule has 0 saturated carbocycles. The van der Waals surface area contributed by atoms with Gasteiger partial charge in [-0.25, -0.2) is 8.42 Å². The Labute approximate surface area is 106 Å². The van der Waals surface area contributed by atoms with E-state index in [-0.39, 0.29) is 34.5 Å². The van der Waals surface area contributed by atoms with Gasteiger partial charge in [-0.2, -0.15) is 0 Å². The third-order valence-corrected chi connectivity index (χ3v) is 3.26. The second-order valence-electron chi connectivity index (χ2n) is 2.72. The Balaban J connectivity index is 0.00000144. The Morgan fingerprint density at radius 1 is 1.15 bits per heavy atom. The van der Waals surface area contributed by atoms with E-state index in [4.69, 9.17) is 0 Å². The fourth-order valence-corrected chi connectivity index (χ4v) is 1.78. The van der Waals surface area contributed by atoms with Gasteiger partial charge in [0.05, 0.1) is 4.90 Å². The van der Waals surface area contributed by atoms with Crippen LogP contribution >= 0.6 is 11.7 Å². The monoisotopic (exact) mass is 226 g/mol. The maximum atomic E-state index is 11.0. The van der Waals surface area contributed by atoms with Crippen LogP contribution in [-0.2, 0) is 8.87 Å². The van der Waals surface area contributed by atoms with Gasteiger partial charge in [0.2, 0.25) is 8.87 Å². The van der Waals surface area contributed by atoms with Gasteiger partial charge < -0.3 is 0 Å². The van der Waals surface area contributed by atoms with Crippen LogP contribution < -0.4 is 0 Å². The number of aryl methyl sites for hydroxylation is 2.